The van der Waals surface area contributed by atoms with Crippen LogP contribution in [-0.2, 0) is 0 Å². The number of para-hydroxylation sites is 1. The van der Waals surface area contributed by atoms with Gasteiger partial charge in [-0.3, -0.25) is 0 Å². The second-order valence-corrected chi connectivity index (χ2v) is 8.36. The van der Waals surface area contributed by atoms with Crippen molar-refractivity contribution in [3.05, 3.63) is 79.7 Å². The van der Waals surface area contributed by atoms with E-state index in [4.69, 9.17) is 11.6 Å². The molecule has 0 spiro atoms. The molecule has 0 amide bonds. The van der Waals surface area contributed by atoms with Crippen LogP contribution in [-0.4, -0.2) is 9.97 Å². The van der Waals surface area contributed by atoms with Crippen LogP contribution in [0.2, 0.25) is 5.15 Å². The molecule has 0 radical (unpaired) electrons. The highest BCUT2D eigenvalue weighted by Gasteiger charge is 2.11. The third-order valence-electron chi connectivity index (χ3n) is 4.32. The molecule has 3 nitrogen and oxygen atoms in total. The van der Waals surface area contributed by atoms with Crippen LogP contribution < -0.4 is 0 Å². The van der Waals surface area contributed by atoms with Crippen LogP contribution in [0, 0.1) is 18.3 Å². The smallest absolute Gasteiger partial charge is 0.137 e. The van der Waals surface area contributed by atoms with E-state index in [-0.39, 0.29) is 0 Å². The minimum atomic E-state index is 0.374. The van der Waals surface area contributed by atoms with Gasteiger partial charge < -0.3 is 0 Å². The standard InChI is InChI=1S/C22H13BrClN3S/c1-13-3-2-4-15-9-16(21(24)27-20(13)15)10-17(11-25)22-26-19(12-28-22)14-5-7-18(23)8-6-14/h2-10,12H,1H3/b17-10+. The van der Waals surface area contributed by atoms with Crippen molar-refractivity contribution in [2.75, 3.05) is 0 Å². The summed E-state index contributed by atoms with van der Waals surface area (Å²) in [7, 11) is 0. The molecule has 2 aromatic carbocycles. The molecule has 0 bridgehead atoms. The van der Waals surface area contributed by atoms with E-state index in [1.807, 2.05) is 60.8 Å². The number of rotatable bonds is 3. The van der Waals surface area contributed by atoms with Gasteiger partial charge in [0, 0.05) is 26.4 Å². The largest absolute Gasteiger partial charge is 0.235 e. The maximum absolute atomic E-state index is 9.68. The van der Waals surface area contributed by atoms with Crippen LogP contribution in [0.4, 0.5) is 0 Å². The van der Waals surface area contributed by atoms with Gasteiger partial charge in [-0.15, -0.1) is 11.3 Å². The number of hydrogen-bond acceptors (Lipinski definition) is 4. The van der Waals surface area contributed by atoms with E-state index in [0.717, 1.165) is 32.2 Å². The van der Waals surface area contributed by atoms with Crippen LogP contribution in [0.5, 0.6) is 0 Å². The molecule has 0 aliphatic rings. The molecule has 28 heavy (non-hydrogen) atoms. The summed E-state index contributed by atoms with van der Waals surface area (Å²) in [4.78, 5) is 9.14. The number of halogens is 2. The van der Waals surface area contributed by atoms with Crippen LogP contribution in [0.25, 0.3) is 33.8 Å². The molecule has 0 aliphatic carbocycles. The number of nitrogens with zero attached hydrogens (tertiary/aromatic N) is 3. The lowest BCUT2D eigenvalue weighted by molar-refractivity contribution is 1.35. The molecule has 0 atom stereocenters. The Bertz CT molecular complexity index is 1250. The normalized spacial score (nSPS) is 11.6. The third kappa shape index (κ3) is 3.72. The predicted molar refractivity (Wildman–Crippen MR) is 120 cm³/mol. The molecule has 0 saturated carbocycles. The third-order valence-corrected chi connectivity index (χ3v) is 6.03. The molecule has 2 heterocycles. The van der Waals surface area contributed by atoms with Gasteiger partial charge in [0.05, 0.1) is 16.8 Å². The highest BCUT2D eigenvalue weighted by Crippen LogP contribution is 2.30. The van der Waals surface area contributed by atoms with Gasteiger partial charge in [0.2, 0.25) is 0 Å². The lowest BCUT2D eigenvalue weighted by atomic mass is 10.1. The van der Waals surface area contributed by atoms with Crippen molar-refractivity contribution in [1.29, 1.82) is 5.26 Å². The van der Waals surface area contributed by atoms with E-state index in [0.29, 0.717) is 21.3 Å². The van der Waals surface area contributed by atoms with Crippen LogP contribution in [0.1, 0.15) is 16.1 Å². The molecule has 0 aliphatic heterocycles. The van der Waals surface area contributed by atoms with Gasteiger partial charge in [0.25, 0.3) is 0 Å². The summed E-state index contributed by atoms with van der Waals surface area (Å²) in [5.74, 6) is 0. The van der Waals surface area contributed by atoms with Crippen LogP contribution in [0.15, 0.2) is 58.4 Å². The molecule has 0 saturated heterocycles. The van der Waals surface area contributed by atoms with Crippen molar-refractivity contribution >= 4 is 61.4 Å². The zero-order valence-electron chi connectivity index (χ0n) is 14.8. The van der Waals surface area contributed by atoms with E-state index >= 15 is 0 Å². The van der Waals surface area contributed by atoms with E-state index < -0.39 is 0 Å². The second kappa shape index (κ2) is 7.84. The summed E-state index contributed by atoms with van der Waals surface area (Å²) in [5, 5.41) is 13.7. The number of thiazole rings is 1. The van der Waals surface area contributed by atoms with Gasteiger partial charge in [-0.1, -0.05) is 57.9 Å². The van der Waals surface area contributed by atoms with Crippen molar-refractivity contribution in [3.63, 3.8) is 0 Å². The lowest BCUT2D eigenvalue weighted by Crippen LogP contribution is -1.89. The number of hydrogen-bond donors (Lipinski definition) is 0. The van der Waals surface area contributed by atoms with Crippen molar-refractivity contribution in [1.82, 2.24) is 9.97 Å². The van der Waals surface area contributed by atoms with Gasteiger partial charge in [-0.25, -0.2) is 9.97 Å². The van der Waals surface area contributed by atoms with E-state index in [9.17, 15) is 5.26 Å². The Kier molecular flexibility index (Phi) is 5.27. The van der Waals surface area contributed by atoms with Crippen LogP contribution >= 0.6 is 38.9 Å². The molecule has 6 heteroatoms. The first-order chi connectivity index (χ1) is 13.5. The lowest BCUT2D eigenvalue weighted by Gasteiger charge is -2.05. The first-order valence-corrected chi connectivity index (χ1v) is 10.5. The Morgan fingerprint density at radius 3 is 2.71 bits per heavy atom. The molecular formula is C22H13BrClN3S. The average Bonchev–Trinajstić information content (AvgIpc) is 3.17. The van der Waals surface area contributed by atoms with Crippen molar-refractivity contribution in [2.24, 2.45) is 0 Å². The fourth-order valence-corrected chi connectivity index (χ4v) is 4.14. The number of aromatic nitrogens is 2. The maximum atomic E-state index is 9.68. The van der Waals surface area contributed by atoms with Crippen molar-refractivity contribution in [2.45, 2.75) is 6.92 Å². The summed E-state index contributed by atoms with van der Waals surface area (Å²) in [6.07, 6.45) is 1.75. The zero-order chi connectivity index (χ0) is 19.7. The Morgan fingerprint density at radius 1 is 1.18 bits per heavy atom. The van der Waals surface area contributed by atoms with Gasteiger partial charge in [0.1, 0.15) is 16.2 Å². The topological polar surface area (TPSA) is 49.6 Å². The monoisotopic (exact) mass is 465 g/mol. The number of fused-ring (bicyclic) bond motifs is 1. The number of aryl methyl sites for hydroxylation is 1. The molecule has 4 rings (SSSR count). The van der Waals surface area contributed by atoms with Crippen molar-refractivity contribution in [3.8, 4) is 17.3 Å². The molecule has 136 valence electrons. The SMILES string of the molecule is Cc1cccc2cc(/C=C(\C#N)c3nc(-c4ccc(Br)cc4)cs3)c(Cl)nc12. The molecule has 0 unspecified atom stereocenters. The van der Waals surface area contributed by atoms with Crippen LogP contribution in [0.3, 0.4) is 0 Å². The van der Waals surface area contributed by atoms with Crippen molar-refractivity contribution < 1.29 is 0 Å². The number of pyridine rings is 1. The van der Waals surface area contributed by atoms with Gasteiger partial charge in [-0.2, -0.15) is 5.26 Å². The molecule has 0 fully saturated rings. The Balaban J connectivity index is 1.74. The molecule has 4 aromatic rings. The fourth-order valence-electron chi connectivity index (χ4n) is 2.89. The summed E-state index contributed by atoms with van der Waals surface area (Å²) in [5.41, 5.74) is 4.95. The summed E-state index contributed by atoms with van der Waals surface area (Å²) in [6, 6.07) is 18.1. The number of nitriles is 1. The summed E-state index contributed by atoms with van der Waals surface area (Å²) in [6.45, 7) is 2.00. The predicted octanol–water partition coefficient (Wildman–Crippen LogP) is 7.15. The fraction of sp³-hybridized carbons (Fsp3) is 0.0455. The number of allylic oxidation sites excluding steroid dienone is 1. The molecule has 2 aromatic heterocycles. The Labute approximate surface area is 180 Å². The van der Waals surface area contributed by atoms with E-state index in [1.54, 1.807) is 6.08 Å². The molecular weight excluding hydrogens is 454 g/mol. The quantitative estimate of drug-likeness (QED) is 0.238. The summed E-state index contributed by atoms with van der Waals surface area (Å²) < 4.78 is 1.01. The maximum Gasteiger partial charge on any atom is 0.137 e. The van der Waals surface area contributed by atoms with Gasteiger partial charge >= 0.3 is 0 Å². The Hall–Kier alpha value is -2.52. The zero-order valence-corrected chi connectivity index (χ0v) is 17.9. The van der Waals surface area contributed by atoms with Gasteiger partial charge in [0.15, 0.2) is 0 Å². The summed E-state index contributed by atoms with van der Waals surface area (Å²) >= 11 is 11.3. The first-order valence-electron chi connectivity index (χ1n) is 8.44. The average molecular weight is 467 g/mol. The minimum absolute atomic E-state index is 0.374. The highest BCUT2D eigenvalue weighted by molar-refractivity contribution is 9.10. The second-order valence-electron chi connectivity index (χ2n) is 6.23. The number of benzene rings is 2. The Morgan fingerprint density at radius 2 is 1.96 bits per heavy atom. The van der Waals surface area contributed by atoms with E-state index in [2.05, 4.69) is 32.0 Å². The molecule has 0 N–H and O–H groups in total. The van der Waals surface area contributed by atoms with Gasteiger partial charge in [-0.05, 0) is 36.8 Å². The van der Waals surface area contributed by atoms with E-state index in [1.165, 1.54) is 11.3 Å². The first kappa shape index (κ1) is 18.8. The highest BCUT2D eigenvalue weighted by atomic mass is 79.9. The minimum Gasteiger partial charge on any atom is -0.235 e.